The third-order valence-electron chi connectivity index (χ3n) is 6.12. The molecule has 2 aromatic carbocycles. The number of aromatic carboxylic acids is 1. The molecule has 7 heteroatoms. The van der Waals surface area contributed by atoms with Crippen molar-refractivity contribution in [1.29, 1.82) is 0 Å². The number of carbonyl (C=O) groups is 1. The number of aromatic nitrogens is 3. The van der Waals surface area contributed by atoms with Crippen LogP contribution in [0.25, 0.3) is 11.1 Å². The van der Waals surface area contributed by atoms with Gasteiger partial charge in [0, 0.05) is 33.6 Å². The topological polar surface area (TPSA) is 86.5 Å². The number of carboxylic acids is 1. The Morgan fingerprint density at radius 2 is 1.68 bits per heavy atom. The van der Waals surface area contributed by atoms with Gasteiger partial charge in [0.1, 0.15) is 5.82 Å². The molecule has 0 unspecified atom stereocenters. The number of methoxy groups -OCH3 is 2. The first-order valence-corrected chi connectivity index (χ1v) is 11.9. The minimum absolute atomic E-state index is 0.293. The van der Waals surface area contributed by atoms with Crippen molar-refractivity contribution in [3.63, 3.8) is 0 Å². The maximum absolute atomic E-state index is 11.6. The van der Waals surface area contributed by atoms with Crippen LogP contribution in [0.3, 0.4) is 0 Å². The van der Waals surface area contributed by atoms with E-state index in [-0.39, 0.29) is 0 Å². The van der Waals surface area contributed by atoms with Gasteiger partial charge >= 0.3 is 5.97 Å². The number of carboxylic acid groups (broad SMARTS) is 1. The fourth-order valence-electron chi connectivity index (χ4n) is 4.05. The highest BCUT2D eigenvalue weighted by Gasteiger charge is 2.37. The largest absolute Gasteiger partial charge is 0.478 e. The lowest BCUT2D eigenvalue weighted by molar-refractivity contribution is -0.226. The highest BCUT2D eigenvalue weighted by molar-refractivity contribution is 5.95. The number of hydrogen-bond donors (Lipinski definition) is 1. The van der Waals surface area contributed by atoms with E-state index >= 15 is 0 Å². The van der Waals surface area contributed by atoms with Crippen LogP contribution in [0.1, 0.15) is 73.5 Å². The minimum atomic E-state index is -0.952. The van der Waals surface area contributed by atoms with Gasteiger partial charge in [-0.25, -0.2) is 14.5 Å². The second-order valence-corrected chi connectivity index (χ2v) is 8.42. The Balaban J connectivity index is 1.90. The molecule has 1 heterocycles. The van der Waals surface area contributed by atoms with E-state index in [1.54, 1.807) is 26.4 Å². The van der Waals surface area contributed by atoms with E-state index in [4.69, 9.17) is 19.6 Å². The highest BCUT2D eigenvalue weighted by Crippen LogP contribution is 2.30. The fourth-order valence-corrected chi connectivity index (χ4v) is 4.05. The average molecular weight is 466 g/mol. The summed E-state index contributed by atoms with van der Waals surface area (Å²) in [5.74, 6) is -0.465. The molecule has 0 fully saturated rings. The minimum Gasteiger partial charge on any atom is -0.478 e. The molecule has 0 saturated carbocycles. The lowest BCUT2D eigenvalue weighted by Crippen LogP contribution is -2.32. The van der Waals surface area contributed by atoms with E-state index in [2.05, 4.69) is 13.8 Å². The zero-order chi connectivity index (χ0) is 24.6. The summed E-state index contributed by atoms with van der Waals surface area (Å²) in [7, 11) is 3.28. The lowest BCUT2D eigenvalue weighted by atomic mass is 9.98. The van der Waals surface area contributed by atoms with Gasteiger partial charge in [-0.15, -0.1) is 0 Å². The van der Waals surface area contributed by atoms with Gasteiger partial charge in [0.2, 0.25) is 11.6 Å². The molecule has 0 atom stereocenters. The van der Waals surface area contributed by atoms with Gasteiger partial charge in [0.05, 0.1) is 5.56 Å². The molecule has 0 aliphatic rings. The van der Waals surface area contributed by atoms with Gasteiger partial charge in [-0.1, -0.05) is 69.2 Å². The normalized spacial score (nSPS) is 11.6. The van der Waals surface area contributed by atoms with Crippen LogP contribution in [0.4, 0.5) is 0 Å². The molecule has 182 valence electrons. The maximum Gasteiger partial charge on any atom is 0.336 e. The van der Waals surface area contributed by atoms with Gasteiger partial charge in [-0.3, -0.25) is 0 Å². The molecule has 0 amide bonds. The predicted octanol–water partition coefficient (Wildman–Crippen LogP) is 5.67. The molecular weight excluding hydrogens is 430 g/mol. The second-order valence-electron chi connectivity index (χ2n) is 8.42. The van der Waals surface area contributed by atoms with Crippen LogP contribution < -0.4 is 0 Å². The Hall–Kier alpha value is -3.03. The lowest BCUT2D eigenvalue weighted by Gasteiger charge is -2.27. The smallest absolute Gasteiger partial charge is 0.336 e. The molecule has 1 N–H and O–H groups in total. The number of aryl methyl sites for hydroxylation is 1. The van der Waals surface area contributed by atoms with Crippen LogP contribution in [0.15, 0.2) is 48.5 Å². The predicted molar refractivity (Wildman–Crippen MR) is 132 cm³/mol. The Kier molecular flexibility index (Phi) is 8.96. The molecule has 7 nitrogen and oxygen atoms in total. The Bertz CT molecular complexity index is 1070. The van der Waals surface area contributed by atoms with Crippen molar-refractivity contribution in [1.82, 2.24) is 14.8 Å². The standard InChI is InChI=1S/C27H35N3O4/c1-5-7-17-27(33-3,34-4)26-28-24(30(29-26)18-8-6-2)19-20-13-15-21(16-14-20)22-11-9-10-12-23(22)25(31)32/h9-16H,5-8,17-19H2,1-4H3,(H,31,32). The van der Waals surface area contributed by atoms with Crippen molar-refractivity contribution < 1.29 is 19.4 Å². The van der Waals surface area contributed by atoms with E-state index in [0.717, 1.165) is 49.2 Å². The number of ether oxygens (including phenoxy) is 2. The molecule has 0 aliphatic carbocycles. The molecule has 0 radical (unpaired) electrons. The van der Waals surface area contributed by atoms with Gasteiger partial charge in [-0.05, 0) is 35.6 Å². The average Bonchev–Trinajstić information content (AvgIpc) is 3.27. The maximum atomic E-state index is 11.6. The van der Waals surface area contributed by atoms with Crippen LogP contribution in [-0.2, 0) is 28.2 Å². The van der Waals surface area contributed by atoms with Crippen LogP contribution in [0.2, 0.25) is 0 Å². The van der Waals surface area contributed by atoms with E-state index in [0.29, 0.717) is 29.8 Å². The molecule has 1 aromatic heterocycles. The SMILES string of the molecule is CCCCn1nc(C(CCCC)(OC)OC)nc1Cc1ccc(-c2ccccc2C(=O)O)cc1. The first kappa shape index (κ1) is 25.6. The Morgan fingerprint density at radius 3 is 2.29 bits per heavy atom. The summed E-state index contributed by atoms with van der Waals surface area (Å²) >= 11 is 0. The fraction of sp³-hybridized carbons (Fsp3) is 0.444. The Morgan fingerprint density at radius 1 is 1.00 bits per heavy atom. The van der Waals surface area contributed by atoms with Gasteiger partial charge in [-0.2, -0.15) is 5.10 Å². The summed E-state index contributed by atoms with van der Waals surface area (Å²) < 4.78 is 13.5. The summed E-state index contributed by atoms with van der Waals surface area (Å²) in [6.07, 6.45) is 5.32. The zero-order valence-electron chi connectivity index (χ0n) is 20.6. The number of unbranched alkanes of at least 4 members (excludes halogenated alkanes) is 2. The molecule has 0 bridgehead atoms. The summed E-state index contributed by atoms with van der Waals surface area (Å²) in [5, 5.41) is 14.3. The van der Waals surface area contributed by atoms with E-state index in [9.17, 15) is 9.90 Å². The van der Waals surface area contributed by atoms with E-state index in [1.807, 2.05) is 41.1 Å². The molecule has 34 heavy (non-hydrogen) atoms. The van der Waals surface area contributed by atoms with Crippen molar-refractivity contribution in [3.8, 4) is 11.1 Å². The summed E-state index contributed by atoms with van der Waals surface area (Å²) in [6.45, 7) is 5.06. The van der Waals surface area contributed by atoms with Crippen LogP contribution >= 0.6 is 0 Å². The van der Waals surface area contributed by atoms with Crippen molar-refractivity contribution in [3.05, 3.63) is 71.3 Å². The Labute approximate surface area is 201 Å². The highest BCUT2D eigenvalue weighted by atomic mass is 16.7. The summed E-state index contributed by atoms with van der Waals surface area (Å²) in [4.78, 5) is 16.5. The molecular formula is C27H35N3O4. The van der Waals surface area contributed by atoms with Crippen LogP contribution in [0.5, 0.6) is 0 Å². The third kappa shape index (κ3) is 5.72. The monoisotopic (exact) mass is 465 g/mol. The van der Waals surface area contributed by atoms with Crippen LogP contribution in [0, 0.1) is 0 Å². The first-order valence-electron chi connectivity index (χ1n) is 11.9. The van der Waals surface area contributed by atoms with Gasteiger partial charge in [0.25, 0.3) is 0 Å². The van der Waals surface area contributed by atoms with Crippen molar-refractivity contribution in [2.45, 2.75) is 64.7 Å². The number of hydrogen-bond acceptors (Lipinski definition) is 5. The quantitative estimate of drug-likeness (QED) is 0.327. The molecule has 3 aromatic rings. The second kappa shape index (κ2) is 11.9. The van der Waals surface area contributed by atoms with Crippen LogP contribution in [-0.4, -0.2) is 40.1 Å². The third-order valence-corrected chi connectivity index (χ3v) is 6.12. The van der Waals surface area contributed by atoms with E-state index in [1.165, 1.54) is 0 Å². The first-order chi connectivity index (χ1) is 16.5. The summed E-state index contributed by atoms with van der Waals surface area (Å²) in [6, 6.07) is 15.0. The van der Waals surface area contributed by atoms with E-state index < -0.39 is 11.8 Å². The molecule has 0 spiro atoms. The number of rotatable bonds is 13. The molecule has 0 aliphatic heterocycles. The number of benzene rings is 2. The van der Waals surface area contributed by atoms with Gasteiger partial charge in [0.15, 0.2) is 0 Å². The summed E-state index contributed by atoms with van der Waals surface area (Å²) in [5.41, 5.74) is 2.94. The van der Waals surface area contributed by atoms with Crippen molar-refractivity contribution in [2.24, 2.45) is 0 Å². The zero-order valence-corrected chi connectivity index (χ0v) is 20.6. The van der Waals surface area contributed by atoms with Crippen molar-refractivity contribution in [2.75, 3.05) is 14.2 Å². The van der Waals surface area contributed by atoms with Crippen molar-refractivity contribution >= 4 is 5.97 Å². The van der Waals surface area contributed by atoms with Gasteiger partial charge < -0.3 is 14.6 Å². The molecule has 3 rings (SSSR count). The number of nitrogens with zero attached hydrogens (tertiary/aromatic N) is 3. The molecule has 0 saturated heterocycles.